The third-order valence-corrected chi connectivity index (χ3v) is 4.23. The molecule has 0 spiro atoms. The van der Waals surface area contributed by atoms with Crippen molar-refractivity contribution >= 4 is 20.9 Å². The van der Waals surface area contributed by atoms with E-state index in [9.17, 15) is 18.6 Å². The number of imidazole rings is 1. The van der Waals surface area contributed by atoms with Crippen LogP contribution in [0.3, 0.4) is 0 Å². The number of phenols is 2. The number of aromatic nitrogens is 2. The van der Waals surface area contributed by atoms with Crippen LogP contribution in [0.4, 0.5) is 0 Å². The fourth-order valence-corrected chi connectivity index (χ4v) is 2.71. The van der Waals surface area contributed by atoms with Crippen molar-refractivity contribution in [3.63, 3.8) is 0 Å². The van der Waals surface area contributed by atoms with Gasteiger partial charge in [0, 0.05) is 6.26 Å². The van der Waals surface area contributed by atoms with Gasteiger partial charge in [-0.05, 0) is 36.4 Å². The first-order chi connectivity index (χ1) is 9.84. The fraction of sp³-hybridized carbons (Fsp3) is 0.0714. The summed E-state index contributed by atoms with van der Waals surface area (Å²) in [6, 6.07) is 8.66. The number of rotatable bonds is 2. The van der Waals surface area contributed by atoms with E-state index >= 15 is 0 Å². The molecule has 0 saturated carbocycles. The number of aromatic hydroxyl groups is 2. The summed E-state index contributed by atoms with van der Waals surface area (Å²) in [6.45, 7) is 0. The Bertz CT molecular complexity index is 945. The summed E-state index contributed by atoms with van der Waals surface area (Å²) in [4.78, 5) is 7.42. The van der Waals surface area contributed by atoms with Gasteiger partial charge < -0.3 is 15.2 Å². The summed E-state index contributed by atoms with van der Waals surface area (Å²) in [5.41, 5.74) is 1.45. The Labute approximate surface area is 120 Å². The molecule has 3 rings (SSSR count). The number of sulfone groups is 1. The standard InChI is InChI=1S/C14H12N2O4S/c1-21(19,20)9-3-4-11-12(7-9)16-14(15-11)10-6-8(17)2-5-13(10)18/h2-7,17-18H,1H3,(H,15,16). The van der Waals surface area contributed by atoms with Crippen LogP contribution < -0.4 is 0 Å². The molecule has 108 valence electrons. The minimum atomic E-state index is -3.30. The number of phenolic OH excluding ortho intramolecular Hbond substituents is 2. The summed E-state index contributed by atoms with van der Waals surface area (Å²) >= 11 is 0. The number of nitrogens with one attached hydrogen (secondary N) is 1. The SMILES string of the molecule is CS(=O)(=O)c1ccc2nc(-c3cc(O)ccc3O)[nH]c2c1. The number of hydrogen-bond donors (Lipinski definition) is 3. The van der Waals surface area contributed by atoms with E-state index in [1.165, 1.54) is 30.3 Å². The molecule has 1 aromatic heterocycles. The molecule has 0 aliphatic carbocycles. The molecule has 1 heterocycles. The third-order valence-electron chi connectivity index (χ3n) is 3.12. The van der Waals surface area contributed by atoms with Gasteiger partial charge in [-0.2, -0.15) is 0 Å². The van der Waals surface area contributed by atoms with Crippen LogP contribution in [0.25, 0.3) is 22.4 Å². The number of nitrogens with zero attached hydrogens (tertiary/aromatic N) is 1. The lowest BCUT2D eigenvalue weighted by atomic mass is 10.2. The molecule has 7 heteroatoms. The zero-order valence-corrected chi connectivity index (χ0v) is 11.8. The average Bonchev–Trinajstić information content (AvgIpc) is 2.83. The van der Waals surface area contributed by atoms with Gasteiger partial charge in [-0.1, -0.05) is 0 Å². The quantitative estimate of drug-likeness (QED) is 0.629. The van der Waals surface area contributed by atoms with Gasteiger partial charge >= 0.3 is 0 Å². The molecular formula is C14H12N2O4S. The van der Waals surface area contributed by atoms with Crippen molar-refractivity contribution in [2.45, 2.75) is 4.90 Å². The van der Waals surface area contributed by atoms with Crippen molar-refractivity contribution in [3.8, 4) is 22.9 Å². The Hall–Kier alpha value is -2.54. The van der Waals surface area contributed by atoms with E-state index in [-0.39, 0.29) is 16.4 Å². The van der Waals surface area contributed by atoms with Crippen LogP contribution in [0.1, 0.15) is 0 Å². The average molecular weight is 304 g/mol. The Morgan fingerprint density at radius 3 is 2.57 bits per heavy atom. The molecule has 0 unspecified atom stereocenters. The topological polar surface area (TPSA) is 103 Å². The Balaban J connectivity index is 2.20. The van der Waals surface area contributed by atoms with Crippen molar-refractivity contribution < 1.29 is 18.6 Å². The molecule has 21 heavy (non-hydrogen) atoms. The number of benzene rings is 2. The smallest absolute Gasteiger partial charge is 0.175 e. The molecule has 3 aromatic rings. The molecule has 2 aromatic carbocycles. The van der Waals surface area contributed by atoms with Gasteiger partial charge in [0.1, 0.15) is 17.3 Å². The van der Waals surface area contributed by atoms with Crippen molar-refractivity contribution in [2.75, 3.05) is 6.26 Å². The second-order valence-corrected chi connectivity index (χ2v) is 6.75. The monoisotopic (exact) mass is 304 g/mol. The van der Waals surface area contributed by atoms with Crippen molar-refractivity contribution in [1.82, 2.24) is 9.97 Å². The first kappa shape index (κ1) is 13.4. The summed E-state index contributed by atoms with van der Waals surface area (Å²) < 4.78 is 23.1. The number of fused-ring (bicyclic) bond motifs is 1. The molecule has 0 bridgehead atoms. The van der Waals surface area contributed by atoms with Crippen LogP contribution in [0.2, 0.25) is 0 Å². The summed E-state index contributed by atoms with van der Waals surface area (Å²) in [5, 5.41) is 19.3. The normalized spacial score (nSPS) is 11.9. The number of aromatic amines is 1. The zero-order chi connectivity index (χ0) is 15.2. The lowest BCUT2D eigenvalue weighted by molar-refractivity contribution is 0.461. The zero-order valence-electron chi connectivity index (χ0n) is 11.0. The van der Waals surface area contributed by atoms with Gasteiger partial charge in [0.05, 0.1) is 21.5 Å². The van der Waals surface area contributed by atoms with E-state index in [1.54, 1.807) is 6.07 Å². The maximum Gasteiger partial charge on any atom is 0.175 e. The minimum absolute atomic E-state index is 0.0000751. The van der Waals surface area contributed by atoms with E-state index in [0.29, 0.717) is 22.4 Å². The molecule has 0 amide bonds. The van der Waals surface area contributed by atoms with Crippen LogP contribution in [0.15, 0.2) is 41.3 Å². The summed E-state index contributed by atoms with van der Waals surface area (Å²) in [5.74, 6) is 0.319. The number of hydrogen-bond acceptors (Lipinski definition) is 5. The predicted octanol–water partition coefficient (Wildman–Crippen LogP) is 2.04. The first-order valence-electron chi connectivity index (χ1n) is 6.07. The third kappa shape index (κ3) is 2.43. The first-order valence-corrected chi connectivity index (χ1v) is 7.96. The molecule has 0 fully saturated rings. The van der Waals surface area contributed by atoms with Gasteiger partial charge in [0.25, 0.3) is 0 Å². The lowest BCUT2D eigenvalue weighted by Gasteiger charge is -2.01. The van der Waals surface area contributed by atoms with Crippen LogP contribution in [-0.2, 0) is 9.84 Å². The van der Waals surface area contributed by atoms with Gasteiger partial charge in [0.2, 0.25) is 0 Å². The highest BCUT2D eigenvalue weighted by Crippen LogP contribution is 2.31. The fourth-order valence-electron chi connectivity index (χ4n) is 2.06. The predicted molar refractivity (Wildman–Crippen MR) is 78.0 cm³/mol. The summed E-state index contributed by atoms with van der Waals surface area (Å²) in [6.07, 6.45) is 1.13. The lowest BCUT2D eigenvalue weighted by Crippen LogP contribution is -1.96. The molecular weight excluding hydrogens is 292 g/mol. The van der Waals surface area contributed by atoms with Crippen LogP contribution in [0, 0.1) is 0 Å². The van der Waals surface area contributed by atoms with E-state index in [0.717, 1.165) is 6.26 Å². The molecule has 0 atom stereocenters. The van der Waals surface area contributed by atoms with Crippen molar-refractivity contribution in [3.05, 3.63) is 36.4 Å². The van der Waals surface area contributed by atoms with E-state index < -0.39 is 9.84 Å². The second kappa shape index (κ2) is 4.49. The van der Waals surface area contributed by atoms with Gasteiger partial charge in [0.15, 0.2) is 9.84 Å². The van der Waals surface area contributed by atoms with E-state index in [1.807, 2.05) is 0 Å². The van der Waals surface area contributed by atoms with Crippen LogP contribution >= 0.6 is 0 Å². The van der Waals surface area contributed by atoms with Crippen molar-refractivity contribution in [1.29, 1.82) is 0 Å². The van der Waals surface area contributed by atoms with E-state index in [2.05, 4.69) is 9.97 Å². The minimum Gasteiger partial charge on any atom is -0.508 e. The molecule has 0 aliphatic rings. The number of H-pyrrole nitrogens is 1. The Morgan fingerprint density at radius 1 is 1.10 bits per heavy atom. The molecule has 0 radical (unpaired) electrons. The molecule has 0 aliphatic heterocycles. The molecule has 0 saturated heterocycles. The van der Waals surface area contributed by atoms with Gasteiger partial charge in [-0.15, -0.1) is 0 Å². The summed E-state index contributed by atoms with van der Waals surface area (Å²) in [7, 11) is -3.30. The largest absolute Gasteiger partial charge is 0.508 e. The highest BCUT2D eigenvalue weighted by Gasteiger charge is 2.13. The van der Waals surface area contributed by atoms with E-state index in [4.69, 9.17) is 0 Å². The Morgan fingerprint density at radius 2 is 1.86 bits per heavy atom. The maximum absolute atomic E-state index is 11.5. The Kier molecular flexibility index (Phi) is 2.87. The molecule has 6 nitrogen and oxygen atoms in total. The van der Waals surface area contributed by atoms with Crippen molar-refractivity contribution in [2.24, 2.45) is 0 Å². The second-order valence-electron chi connectivity index (χ2n) is 4.74. The molecule has 3 N–H and O–H groups in total. The van der Waals surface area contributed by atoms with Crippen LogP contribution in [-0.4, -0.2) is 34.9 Å². The highest BCUT2D eigenvalue weighted by atomic mass is 32.2. The van der Waals surface area contributed by atoms with Gasteiger partial charge in [-0.3, -0.25) is 0 Å². The van der Waals surface area contributed by atoms with Crippen LogP contribution in [0.5, 0.6) is 11.5 Å². The maximum atomic E-state index is 11.5. The highest BCUT2D eigenvalue weighted by molar-refractivity contribution is 7.90. The van der Waals surface area contributed by atoms with Gasteiger partial charge in [-0.25, -0.2) is 13.4 Å².